The summed E-state index contributed by atoms with van der Waals surface area (Å²) in [4.78, 5) is 38.4. The van der Waals surface area contributed by atoms with Crippen molar-refractivity contribution >= 4 is 18.0 Å². The largest absolute Gasteiger partial charge is 0.480 e. The van der Waals surface area contributed by atoms with Crippen LogP contribution in [0.25, 0.3) is 11.1 Å². The summed E-state index contributed by atoms with van der Waals surface area (Å²) in [6.45, 7) is 3.51. The molecule has 0 aliphatic heterocycles. The second-order valence-electron chi connectivity index (χ2n) is 9.32. The van der Waals surface area contributed by atoms with Gasteiger partial charge in [-0.1, -0.05) is 78.9 Å². The molecule has 0 aromatic heterocycles. The molecule has 7 heteroatoms. The van der Waals surface area contributed by atoms with Crippen molar-refractivity contribution in [2.24, 2.45) is 0 Å². The Balaban J connectivity index is 1.41. The number of benzene rings is 3. The van der Waals surface area contributed by atoms with E-state index < -0.39 is 36.1 Å². The minimum absolute atomic E-state index is 0.0506. The molecular formula is C29H29NO6. The van der Waals surface area contributed by atoms with Crippen LogP contribution in [0.3, 0.4) is 0 Å². The van der Waals surface area contributed by atoms with Crippen molar-refractivity contribution in [2.75, 3.05) is 13.7 Å². The predicted octanol–water partition coefficient (Wildman–Crippen LogP) is 5.19. The normalized spacial score (nSPS) is 13.3. The highest BCUT2D eigenvalue weighted by atomic mass is 16.6. The van der Waals surface area contributed by atoms with Crippen LogP contribution in [0.2, 0.25) is 0 Å². The number of likely N-dealkylation sites (N-methyl/N-ethyl adjacent to an activating group) is 1. The number of carbonyl (C=O) groups excluding carboxylic acids is 2. The van der Waals surface area contributed by atoms with Crippen LogP contribution in [-0.4, -0.2) is 47.7 Å². The fourth-order valence-electron chi connectivity index (χ4n) is 4.60. The second-order valence-corrected chi connectivity index (χ2v) is 9.32. The monoisotopic (exact) mass is 487 g/mol. The Morgan fingerprint density at radius 1 is 0.889 bits per heavy atom. The van der Waals surface area contributed by atoms with Gasteiger partial charge >= 0.3 is 18.0 Å². The first kappa shape index (κ1) is 25.0. The van der Waals surface area contributed by atoms with Gasteiger partial charge in [0.2, 0.25) is 0 Å². The SMILES string of the molecule is CN(C(=O)OCC1c2ccccc2-c2ccccc21)C(CC(=O)OC(C)(C)c1ccccc1)C(=O)O. The zero-order valence-electron chi connectivity index (χ0n) is 20.5. The van der Waals surface area contributed by atoms with Gasteiger partial charge in [0.15, 0.2) is 0 Å². The molecule has 0 radical (unpaired) electrons. The molecule has 186 valence electrons. The average Bonchev–Trinajstić information content (AvgIpc) is 3.19. The predicted molar refractivity (Wildman–Crippen MR) is 134 cm³/mol. The molecule has 1 aliphatic rings. The molecule has 7 nitrogen and oxygen atoms in total. The molecule has 1 amide bonds. The molecule has 36 heavy (non-hydrogen) atoms. The highest BCUT2D eigenvalue weighted by Crippen LogP contribution is 2.44. The smallest absolute Gasteiger partial charge is 0.410 e. The highest BCUT2D eigenvalue weighted by molar-refractivity contribution is 5.85. The summed E-state index contributed by atoms with van der Waals surface area (Å²) in [7, 11) is 1.31. The van der Waals surface area contributed by atoms with Crippen molar-refractivity contribution in [3.8, 4) is 11.1 Å². The van der Waals surface area contributed by atoms with E-state index in [1.165, 1.54) is 7.05 Å². The third-order valence-corrected chi connectivity index (χ3v) is 6.57. The van der Waals surface area contributed by atoms with Gasteiger partial charge in [-0.25, -0.2) is 9.59 Å². The Bertz CT molecular complexity index is 1220. The first-order valence-electron chi connectivity index (χ1n) is 11.8. The summed E-state index contributed by atoms with van der Waals surface area (Å²) < 4.78 is 11.1. The topological polar surface area (TPSA) is 93.1 Å². The Hall–Kier alpha value is -4.13. The van der Waals surface area contributed by atoms with Crippen LogP contribution in [0.1, 0.15) is 42.9 Å². The van der Waals surface area contributed by atoms with Gasteiger partial charge < -0.3 is 14.6 Å². The van der Waals surface area contributed by atoms with Gasteiger partial charge in [-0.15, -0.1) is 0 Å². The first-order chi connectivity index (χ1) is 17.2. The third-order valence-electron chi connectivity index (χ3n) is 6.57. The lowest BCUT2D eigenvalue weighted by molar-refractivity contribution is -0.162. The van der Waals surface area contributed by atoms with Crippen molar-refractivity contribution in [3.05, 3.63) is 95.6 Å². The zero-order chi connectivity index (χ0) is 25.9. The van der Waals surface area contributed by atoms with E-state index in [1.807, 2.05) is 78.9 Å². The maximum atomic E-state index is 12.8. The molecule has 1 N–H and O–H groups in total. The lowest BCUT2D eigenvalue weighted by atomic mass is 9.98. The number of fused-ring (bicyclic) bond motifs is 3. The Morgan fingerprint density at radius 2 is 1.42 bits per heavy atom. The number of hydrogen-bond donors (Lipinski definition) is 1. The molecule has 0 spiro atoms. The van der Waals surface area contributed by atoms with E-state index in [2.05, 4.69) is 0 Å². The molecule has 1 atom stereocenters. The fraction of sp³-hybridized carbons (Fsp3) is 0.276. The third kappa shape index (κ3) is 5.10. The van der Waals surface area contributed by atoms with E-state index in [0.29, 0.717) is 0 Å². The number of carbonyl (C=O) groups is 3. The summed E-state index contributed by atoms with van der Waals surface area (Å²) in [5.41, 5.74) is 4.11. The fourth-order valence-corrected chi connectivity index (χ4v) is 4.60. The molecule has 3 aromatic carbocycles. The van der Waals surface area contributed by atoms with E-state index in [9.17, 15) is 19.5 Å². The minimum atomic E-state index is -1.43. The average molecular weight is 488 g/mol. The molecule has 0 heterocycles. The van der Waals surface area contributed by atoms with Crippen LogP contribution in [0.15, 0.2) is 78.9 Å². The van der Waals surface area contributed by atoms with Crippen molar-refractivity contribution < 1.29 is 29.0 Å². The van der Waals surface area contributed by atoms with Crippen LogP contribution in [0, 0.1) is 0 Å². The van der Waals surface area contributed by atoms with Gasteiger partial charge in [-0.05, 0) is 41.7 Å². The van der Waals surface area contributed by atoms with Gasteiger partial charge in [0, 0.05) is 13.0 Å². The summed E-state index contributed by atoms with van der Waals surface area (Å²) in [6.07, 6.45) is -1.33. The Morgan fingerprint density at radius 3 is 1.97 bits per heavy atom. The molecule has 0 saturated carbocycles. The van der Waals surface area contributed by atoms with Crippen molar-refractivity contribution in [1.82, 2.24) is 4.90 Å². The molecule has 1 unspecified atom stereocenters. The summed E-state index contributed by atoms with van der Waals surface area (Å²) in [5.74, 6) is -2.20. The number of ether oxygens (including phenoxy) is 2. The van der Waals surface area contributed by atoms with E-state index in [0.717, 1.165) is 32.7 Å². The second kappa shape index (κ2) is 10.2. The zero-order valence-corrected chi connectivity index (χ0v) is 20.5. The molecule has 1 aliphatic carbocycles. The summed E-state index contributed by atoms with van der Waals surface area (Å²) in [6, 6.07) is 23.6. The van der Waals surface area contributed by atoms with Gasteiger partial charge in [-0.3, -0.25) is 9.69 Å². The van der Waals surface area contributed by atoms with Gasteiger partial charge in [-0.2, -0.15) is 0 Å². The highest BCUT2D eigenvalue weighted by Gasteiger charge is 2.35. The van der Waals surface area contributed by atoms with Crippen molar-refractivity contribution in [3.63, 3.8) is 0 Å². The van der Waals surface area contributed by atoms with E-state index in [4.69, 9.17) is 9.47 Å². The molecule has 0 bridgehead atoms. The number of aliphatic carboxylic acids is 1. The molecule has 3 aromatic rings. The number of esters is 1. The number of carboxylic acid groups (broad SMARTS) is 1. The van der Waals surface area contributed by atoms with E-state index >= 15 is 0 Å². The standard InChI is InChI=1S/C29H29NO6/c1-29(2,19-11-5-4-6-12-19)36-26(31)17-25(27(32)33)30(3)28(34)35-18-24-22-15-9-7-13-20(22)21-14-8-10-16-23(21)24/h4-16,24-25H,17-18H2,1-3H3,(H,32,33). The first-order valence-corrected chi connectivity index (χ1v) is 11.8. The van der Waals surface area contributed by atoms with Crippen LogP contribution < -0.4 is 0 Å². The van der Waals surface area contributed by atoms with Crippen molar-refractivity contribution in [1.29, 1.82) is 0 Å². The van der Waals surface area contributed by atoms with Gasteiger partial charge in [0.1, 0.15) is 18.2 Å². The maximum Gasteiger partial charge on any atom is 0.410 e. The summed E-state index contributed by atoms with van der Waals surface area (Å²) in [5, 5.41) is 9.74. The Labute approximate surface area is 210 Å². The lowest BCUT2D eigenvalue weighted by Gasteiger charge is -2.28. The number of rotatable bonds is 8. The molecule has 0 fully saturated rings. The number of amides is 1. The molecule has 0 saturated heterocycles. The molecular weight excluding hydrogens is 458 g/mol. The van der Waals surface area contributed by atoms with Crippen LogP contribution in [0.5, 0.6) is 0 Å². The minimum Gasteiger partial charge on any atom is -0.480 e. The number of hydrogen-bond acceptors (Lipinski definition) is 5. The quantitative estimate of drug-likeness (QED) is 0.440. The van der Waals surface area contributed by atoms with Crippen LogP contribution in [0.4, 0.5) is 4.79 Å². The van der Waals surface area contributed by atoms with Crippen molar-refractivity contribution in [2.45, 2.75) is 37.8 Å². The van der Waals surface area contributed by atoms with Gasteiger partial charge in [0.25, 0.3) is 0 Å². The number of carboxylic acids is 1. The Kier molecular flexibility index (Phi) is 7.10. The molecule has 4 rings (SSSR count). The number of nitrogens with zero attached hydrogens (tertiary/aromatic N) is 1. The lowest BCUT2D eigenvalue weighted by Crippen LogP contribution is -2.45. The van der Waals surface area contributed by atoms with Gasteiger partial charge in [0.05, 0.1) is 6.42 Å². The van der Waals surface area contributed by atoms with E-state index in [-0.39, 0.29) is 12.5 Å². The summed E-state index contributed by atoms with van der Waals surface area (Å²) >= 11 is 0. The van der Waals surface area contributed by atoms with Crippen LogP contribution in [-0.2, 0) is 24.7 Å². The van der Waals surface area contributed by atoms with E-state index in [1.54, 1.807) is 13.8 Å². The maximum absolute atomic E-state index is 12.8. The van der Waals surface area contributed by atoms with Crippen LogP contribution >= 0.6 is 0 Å².